The maximum Gasteiger partial charge on any atom is 0.320 e. The Morgan fingerprint density at radius 3 is 2.64 bits per heavy atom. The van der Waals surface area contributed by atoms with Crippen LogP contribution < -0.4 is 0 Å². The number of urea groups is 1. The number of likely N-dealkylation sites (tertiary alicyclic amines) is 1. The van der Waals surface area contributed by atoms with Gasteiger partial charge in [0, 0.05) is 38.8 Å². The van der Waals surface area contributed by atoms with Gasteiger partial charge in [-0.05, 0) is 99.8 Å². The van der Waals surface area contributed by atoms with E-state index in [2.05, 4.69) is 36.8 Å². The van der Waals surface area contributed by atoms with Crippen LogP contribution in [0.15, 0.2) is 11.6 Å². The summed E-state index contributed by atoms with van der Waals surface area (Å²) in [5.74, 6) is 3.61. The molecule has 0 aromatic heterocycles. The van der Waals surface area contributed by atoms with Gasteiger partial charge in [0.15, 0.2) is 0 Å². The van der Waals surface area contributed by atoms with Gasteiger partial charge in [0.25, 0.3) is 0 Å². The lowest BCUT2D eigenvalue weighted by atomic mass is 9.47. The maximum absolute atomic E-state index is 13.1. The highest BCUT2D eigenvalue weighted by Gasteiger charge is 2.64. The highest BCUT2D eigenvalue weighted by atomic mass is 16.5. The molecule has 5 nitrogen and oxygen atoms in total. The number of hydrogen-bond donors (Lipinski definition) is 0. The summed E-state index contributed by atoms with van der Waals surface area (Å²) >= 11 is 0. The van der Waals surface area contributed by atoms with Crippen molar-refractivity contribution in [2.24, 2.45) is 34.5 Å². The molecule has 5 fully saturated rings. The Kier molecular flexibility index (Phi) is 5.42. The standard InChI is InChI=1S/C28H45N3O2/c1-19-23-7-8-25-22-6-5-20-17-21(30(4)26(32)31-13-15-33-16-14-31)9-11-27(20,2)24(22)10-12-28(23,25)18-29(19)3/h5,19,21-25H,6-18H2,1-4H3. The molecular weight excluding hydrogens is 410 g/mol. The van der Waals surface area contributed by atoms with E-state index in [1.54, 1.807) is 5.57 Å². The molecule has 4 aliphatic carbocycles. The van der Waals surface area contributed by atoms with Crippen LogP contribution in [0.5, 0.6) is 0 Å². The molecule has 6 rings (SSSR count). The molecule has 184 valence electrons. The van der Waals surface area contributed by atoms with E-state index in [9.17, 15) is 4.79 Å². The quantitative estimate of drug-likeness (QED) is 0.541. The number of carbonyl (C=O) groups excluding carboxylic acids is 1. The number of allylic oxidation sites excluding steroid dienone is 1. The molecular formula is C28H45N3O2. The van der Waals surface area contributed by atoms with E-state index in [4.69, 9.17) is 4.74 Å². The van der Waals surface area contributed by atoms with Crippen LogP contribution in [0.4, 0.5) is 4.79 Å². The van der Waals surface area contributed by atoms with Crippen LogP contribution >= 0.6 is 0 Å². The Labute approximate surface area is 200 Å². The van der Waals surface area contributed by atoms with Crippen molar-refractivity contribution >= 4 is 6.03 Å². The summed E-state index contributed by atoms with van der Waals surface area (Å²) in [5, 5.41) is 0. The van der Waals surface area contributed by atoms with Crippen molar-refractivity contribution in [3.05, 3.63) is 11.6 Å². The Balaban J connectivity index is 1.19. The number of hydrogen-bond acceptors (Lipinski definition) is 3. The molecule has 0 radical (unpaired) electrons. The van der Waals surface area contributed by atoms with Crippen LogP contribution in [-0.2, 0) is 4.74 Å². The normalized spacial score (nSPS) is 47.3. The Bertz CT molecular complexity index is 822. The number of amides is 2. The highest BCUT2D eigenvalue weighted by Crippen LogP contribution is 2.68. The monoisotopic (exact) mass is 455 g/mol. The molecule has 0 aromatic rings. The largest absolute Gasteiger partial charge is 0.378 e. The number of fused-ring (bicyclic) bond motifs is 4. The van der Waals surface area contributed by atoms with Crippen molar-refractivity contribution < 1.29 is 9.53 Å². The van der Waals surface area contributed by atoms with Gasteiger partial charge in [-0.25, -0.2) is 4.79 Å². The van der Waals surface area contributed by atoms with Gasteiger partial charge in [0.05, 0.1) is 13.2 Å². The maximum atomic E-state index is 13.1. The van der Waals surface area contributed by atoms with Crippen molar-refractivity contribution in [1.82, 2.24) is 14.7 Å². The second kappa shape index (κ2) is 7.98. The van der Waals surface area contributed by atoms with Gasteiger partial charge in [-0.3, -0.25) is 0 Å². The fourth-order valence-electron chi connectivity index (χ4n) is 9.91. The lowest BCUT2D eigenvalue weighted by Gasteiger charge is -2.58. The summed E-state index contributed by atoms with van der Waals surface area (Å²) < 4.78 is 5.45. The van der Waals surface area contributed by atoms with Crippen LogP contribution in [0.1, 0.15) is 65.2 Å². The summed E-state index contributed by atoms with van der Waals surface area (Å²) in [6.07, 6.45) is 13.3. The summed E-state index contributed by atoms with van der Waals surface area (Å²) in [6, 6.07) is 1.33. The van der Waals surface area contributed by atoms with Crippen molar-refractivity contribution in [2.75, 3.05) is 46.9 Å². The van der Waals surface area contributed by atoms with Gasteiger partial charge in [-0.1, -0.05) is 18.6 Å². The van der Waals surface area contributed by atoms with Crippen LogP contribution in [-0.4, -0.2) is 79.8 Å². The van der Waals surface area contributed by atoms with Gasteiger partial charge in [0.1, 0.15) is 0 Å². The van der Waals surface area contributed by atoms with Crippen LogP contribution in [0, 0.1) is 34.5 Å². The minimum atomic E-state index is 0.206. The molecule has 8 unspecified atom stereocenters. The molecule has 2 saturated heterocycles. The van der Waals surface area contributed by atoms with Crippen LogP contribution in [0.25, 0.3) is 0 Å². The lowest BCUT2D eigenvalue weighted by molar-refractivity contribution is -0.0432. The first-order valence-electron chi connectivity index (χ1n) is 13.8. The highest BCUT2D eigenvalue weighted by molar-refractivity contribution is 5.74. The molecule has 33 heavy (non-hydrogen) atoms. The summed E-state index contributed by atoms with van der Waals surface area (Å²) in [5.41, 5.74) is 2.65. The topological polar surface area (TPSA) is 36.0 Å². The number of nitrogens with zero attached hydrogens (tertiary/aromatic N) is 3. The Hall–Kier alpha value is -1.07. The fraction of sp³-hybridized carbons (Fsp3) is 0.893. The molecule has 0 bridgehead atoms. The minimum Gasteiger partial charge on any atom is -0.378 e. The second-order valence-electron chi connectivity index (χ2n) is 12.8. The molecule has 0 aromatic carbocycles. The summed E-state index contributed by atoms with van der Waals surface area (Å²) in [6.45, 7) is 9.25. The molecule has 2 aliphatic heterocycles. The van der Waals surface area contributed by atoms with Crippen molar-refractivity contribution in [3.8, 4) is 0 Å². The molecule has 0 N–H and O–H groups in total. The van der Waals surface area contributed by atoms with E-state index in [0.717, 1.165) is 55.6 Å². The Morgan fingerprint density at radius 1 is 1.09 bits per heavy atom. The lowest BCUT2D eigenvalue weighted by Crippen LogP contribution is -2.54. The van der Waals surface area contributed by atoms with Crippen molar-refractivity contribution in [3.63, 3.8) is 0 Å². The third-order valence-corrected chi connectivity index (χ3v) is 11.8. The summed E-state index contributed by atoms with van der Waals surface area (Å²) in [7, 11) is 4.41. The predicted molar refractivity (Wildman–Crippen MR) is 131 cm³/mol. The van der Waals surface area contributed by atoms with E-state index in [-0.39, 0.29) is 6.03 Å². The zero-order chi connectivity index (χ0) is 23.0. The summed E-state index contributed by atoms with van der Waals surface area (Å²) in [4.78, 5) is 19.8. The first-order valence-corrected chi connectivity index (χ1v) is 13.8. The van der Waals surface area contributed by atoms with E-state index in [1.165, 1.54) is 45.1 Å². The average Bonchev–Trinajstić information content (AvgIpc) is 3.31. The SMILES string of the molecule is CC1C2CCC3C4CC=C5CC(N(C)C(=O)N6CCOCC6)CCC5(C)C4CCC32CN1C. The van der Waals surface area contributed by atoms with E-state index in [1.807, 2.05) is 11.9 Å². The minimum absolute atomic E-state index is 0.206. The van der Waals surface area contributed by atoms with Crippen molar-refractivity contribution in [1.29, 1.82) is 0 Å². The zero-order valence-corrected chi connectivity index (χ0v) is 21.4. The zero-order valence-electron chi connectivity index (χ0n) is 21.4. The molecule has 1 spiro atoms. The average molecular weight is 456 g/mol. The van der Waals surface area contributed by atoms with E-state index >= 15 is 0 Å². The molecule has 6 aliphatic rings. The molecule has 2 amide bonds. The van der Waals surface area contributed by atoms with E-state index in [0.29, 0.717) is 30.1 Å². The number of carbonyl (C=O) groups is 1. The number of morpholine rings is 1. The Morgan fingerprint density at radius 2 is 1.85 bits per heavy atom. The molecule has 8 atom stereocenters. The third kappa shape index (κ3) is 3.20. The van der Waals surface area contributed by atoms with Gasteiger partial charge < -0.3 is 19.4 Å². The number of ether oxygens (including phenoxy) is 1. The van der Waals surface area contributed by atoms with Crippen LogP contribution in [0.3, 0.4) is 0 Å². The number of rotatable bonds is 1. The van der Waals surface area contributed by atoms with Crippen LogP contribution in [0.2, 0.25) is 0 Å². The second-order valence-corrected chi connectivity index (χ2v) is 12.8. The first-order chi connectivity index (χ1) is 15.8. The third-order valence-electron chi connectivity index (χ3n) is 11.8. The smallest absolute Gasteiger partial charge is 0.320 e. The first kappa shape index (κ1) is 22.4. The van der Waals surface area contributed by atoms with Gasteiger partial charge in [0.2, 0.25) is 0 Å². The van der Waals surface area contributed by atoms with Gasteiger partial charge in [-0.2, -0.15) is 0 Å². The van der Waals surface area contributed by atoms with E-state index < -0.39 is 0 Å². The van der Waals surface area contributed by atoms with Gasteiger partial charge >= 0.3 is 6.03 Å². The van der Waals surface area contributed by atoms with Crippen molar-refractivity contribution in [2.45, 2.75) is 77.3 Å². The molecule has 2 heterocycles. The fourth-order valence-corrected chi connectivity index (χ4v) is 9.91. The van der Waals surface area contributed by atoms with Gasteiger partial charge in [-0.15, -0.1) is 0 Å². The molecule has 3 saturated carbocycles. The predicted octanol–water partition coefficient (Wildman–Crippen LogP) is 4.63. The molecule has 5 heteroatoms.